The molecule has 0 radical (unpaired) electrons. The normalized spacial score (nSPS) is 12.2. The first-order valence-electron chi connectivity index (χ1n) is 6.49. The molecule has 0 bridgehead atoms. The summed E-state index contributed by atoms with van der Waals surface area (Å²) >= 11 is -0.506. The summed E-state index contributed by atoms with van der Waals surface area (Å²) in [7, 11) is 2.93. The van der Waals surface area contributed by atoms with Crippen LogP contribution >= 0.6 is 0 Å². The number of rotatable bonds is 6. The van der Waals surface area contributed by atoms with Crippen LogP contribution in [0.15, 0.2) is 12.1 Å². The first-order valence-corrected chi connectivity index (χ1v) is 8.20. The molecule has 0 saturated heterocycles. The van der Waals surface area contributed by atoms with Gasteiger partial charge in [0.2, 0.25) is 0 Å². The van der Waals surface area contributed by atoms with Gasteiger partial charge in [-0.2, -0.15) is 0 Å². The topological polar surface area (TPSA) is 72.8 Å². The van der Waals surface area contributed by atoms with Crippen LogP contribution in [0.1, 0.15) is 22.6 Å². The van der Waals surface area contributed by atoms with Gasteiger partial charge in [-0.05, 0) is 0 Å². The fourth-order valence-corrected chi connectivity index (χ4v) is 4.22. The number of carboxylic acid groups (broad SMARTS) is 1. The van der Waals surface area contributed by atoms with E-state index >= 15 is 0 Å². The van der Waals surface area contributed by atoms with E-state index in [1.807, 2.05) is 0 Å². The maximum absolute atomic E-state index is 14.5. The number of hydrogen-bond acceptors (Lipinski definition) is 4. The fourth-order valence-electron chi connectivity index (χ4n) is 2.03. The van der Waals surface area contributed by atoms with Crippen molar-refractivity contribution in [2.45, 2.75) is 13.3 Å². The molecular weight excluding hydrogens is 358 g/mol. The van der Waals surface area contributed by atoms with Gasteiger partial charge in [0.1, 0.15) is 0 Å². The summed E-state index contributed by atoms with van der Waals surface area (Å²) in [6, 6.07) is 3.17. The van der Waals surface area contributed by atoms with Crippen molar-refractivity contribution in [3.8, 4) is 11.5 Å². The van der Waals surface area contributed by atoms with Gasteiger partial charge in [0, 0.05) is 0 Å². The molecule has 0 saturated carbocycles. The van der Waals surface area contributed by atoms with E-state index in [1.54, 1.807) is 6.07 Å². The van der Waals surface area contributed by atoms with Crippen LogP contribution in [0.2, 0.25) is 0 Å². The number of aliphatic carboxylic acids is 1. The number of carboxylic acids is 1. The molecule has 1 atom stereocenters. The van der Waals surface area contributed by atoms with Gasteiger partial charge in [-0.15, -0.1) is 0 Å². The Hall–Kier alpha value is -1.85. The minimum absolute atomic E-state index is 0.0749. The molecule has 1 N–H and O–H groups in total. The summed E-state index contributed by atoms with van der Waals surface area (Å²) in [5, 5.41) is 9.18. The molecule has 0 aliphatic carbocycles. The molecule has 0 amide bonds. The van der Waals surface area contributed by atoms with Crippen molar-refractivity contribution in [3.05, 3.63) is 22.4 Å². The van der Waals surface area contributed by atoms with Crippen molar-refractivity contribution in [1.82, 2.24) is 0 Å². The molecule has 5 nitrogen and oxygen atoms in total. The van der Waals surface area contributed by atoms with E-state index in [2.05, 4.69) is 0 Å². The van der Waals surface area contributed by atoms with Crippen LogP contribution in [-0.2, 0) is 4.79 Å². The van der Waals surface area contributed by atoms with Crippen LogP contribution in [0.25, 0.3) is 9.65 Å². The van der Waals surface area contributed by atoms with Crippen molar-refractivity contribution in [2.75, 3.05) is 14.2 Å². The van der Waals surface area contributed by atoms with Gasteiger partial charge in [0.05, 0.1) is 0 Å². The molecule has 1 aromatic heterocycles. The van der Waals surface area contributed by atoms with E-state index in [9.17, 15) is 14.0 Å². The standard InChI is InChI=1S/C15H15FO5Se/c1-7(15(18)19)4-9(17)14-13(16)8-5-10(20-2)11(21-3)6-12(8)22-14/h5-7H,4H2,1-3H3,(H,18,19). The van der Waals surface area contributed by atoms with Crippen molar-refractivity contribution >= 4 is 35.9 Å². The molecule has 1 aromatic carbocycles. The summed E-state index contributed by atoms with van der Waals surface area (Å²) in [6.07, 6.45) is -0.206. The summed E-state index contributed by atoms with van der Waals surface area (Å²) in [6.45, 7) is 1.43. The third kappa shape index (κ3) is 3.00. The summed E-state index contributed by atoms with van der Waals surface area (Å²) in [5.74, 6) is -2.08. The molecule has 0 fully saturated rings. The Balaban J connectivity index is 2.46. The van der Waals surface area contributed by atoms with E-state index in [-0.39, 0.29) is 10.9 Å². The molecule has 2 rings (SSSR count). The van der Waals surface area contributed by atoms with Crippen LogP contribution in [0.3, 0.4) is 0 Å². The summed E-state index contributed by atoms with van der Waals surface area (Å²) < 4.78 is 25.5. The van der Waals surface area contributed by atoms with Crippen molar-refractivity contribution in [1.29, 1.82) is 0 Å². The second-order valence-electron chi connectivity index (χ2n) is 4.82. The van der Waals surface area contributed by atoms with Gasteiger partial charge in [0.25, 0.3) is 0 Å². The second-order valence-corrected chi connectivity index (χ2v) is 7.02. The minimum atomic E-state index is -1.07. The molecule has 2 aromatic rings. The van der Waals surface area contributed by atoms with Gasteiger partial charge in [0.15, 0.2) is 0 Å². The maximum atomic E-state index is 14.5. The molecule has 0 aliphatic heterocycles. The second kappa shape index (κ2) is 6.50. The first kappa shape index (κ1) is 16.5. The molecular formula is C15H15FO5Se. The van der Waals surface area contributed by atoms with Crippen LogP contribution in [-0.4, -0.2) is 45.6 Å². The Kier molecular flexibility index (Phi) is 4.88. The van der Waals surface area contributed by atoms with Gasteiger partial charge in [-0.25, -0.2) is 0 Å². The van der Waals surface area contributed by atoms with Crippen molar-refractivity contribution in [3.63, 3.8) is 0 Å². The molecule has 22 heavy (non-hydrogen) atoms. The van der Waals surface area contributed by atoms with Crippen LogP contribution in [0.5, 0.6) is 11.5 Å². The summed E-state index contributed by atoms with van der Waals surface area (Å²) in [5.41, 5.74) is 0. The van der Waals surface area contributed by atoms with E-state index < -0.39 is 38.0 Å². The Labute approximate surface area is 132 Å². The average molecular weight is 373 g/mol. The Morgan fingerprint density at radius 2 is 1.86 bits per heavy atom. The van der Waals surface area contributed by atoms with Crippen LogP contribution in [0.4, 0.5) is 4.39 Å². The third-order valence-corrected chi connectivity index (χ3v) is 5.75. The first-order chi connectivity index (χ1) is 10.4. The fraction of sp³-hybridized carbons (Fsp3) is 0.333. The molecule has 7 heteroatoms. The molecule has 1 heterocycles. The predicted molar refractivity (Wildman–Crippen MR) is 79.7 cm³/mol. The number of Topliss-reactive ketones (excluding diaryl/α,β-unsaturated/α-hetero) is 1. The van der Waals surface area contributed by atoms with E-state index in [1.165, 1.54) is 27.2 Å². The number of carbonyl (C=O) groups excluding carboxylic acids is 1. The zero-order valence-electron chi connectivity index (χ0n) is 12.3. The number of ether oxygens (including phenoxy) is 2. The van der Waals surface area contributed by atoms with Gasteiger partial charge >= 0.3 is 132 Å². The Morgan fingerprint density at radius 1 is 1.27 bits per heavy atom. The van der Waals surface area contributed by atoms with Crippen LogP contribution < -0.4 is 9.47 Å². The number of hydrogen-bond donors (Lipinski definition) is 1. The predicted octanol–water partition coefficient (Wildman–Crippen LogP) is 2.35. The van der Waals surface area contributed by atoms with Gasteiger partial charge in [-0.1, -0.05) is 0 Å². The molecule has 1 unspecified atom stereocenters. The monoisotopic (exact) mass is 374 g/mol. The number of methoxy groups -OCH3 is 2. The number of fused-ring (bicyclic) bond motifs is 1. The zero-order chi connectivity index (χ0) is 16.4. The van der Waals surface area contributed by atoms with Crippen molar-refractivity contribution < 1.29 is 28.6 Å². The Morgan fingerprint density at radius 3 is 2.41 bits per heavy atom. The van der Waals surface area contributed by atoms with E-state index in [0.717, 1.165) is 0 Å². The molecule has 0 aliphatic rings. The Bertz CT molecular complexity index is 737. The van der Waals surface area contributed by atoms with E-state index in [0.29, 0.717) is 21.1 Å². The molecule has 0 spiro atoms. The number of halogens is 1. The average Bonchev–Trinajstić information content (AvgIpc) is 2.82. The van der Waals surface area contributed by atoms with Crippen molar-refractivity contribution in [2.24, 2.45) is 5.92 Å². The van der Waals surface area contributed by atoms with Gasteiger partial charge < -0.3 is 0 Å². The third-order valence-electron chi connectivity index (χ3n) is 3.30. The van der Waals surface area contributed by atoms with E-state index in [4.69, 9.17) is 14.6 Å². The number of carbonyl (C=O) groups is 2. The number of benzene rings is 1. The number of ketones is 1. The molecule has 118 valence electrons. The summed E-state index contributed by atoms with van der Waals surface area (Å²) in [4.78, 5) is 23.0. The quantitative estimate of drug-likeness (QED) is 0.622. The van der Waals surface area contributed by atoms with Gasteiger partial charge in [-0.3, -0.25) is 0 Å². The van der Waals surface area contributed by atoms with Crippen LogP contribution in [0, 0.1) is 11.7 Å². The SMILES string of the molecule is COc1cc2[se]c(C(=O)CC(C)C(=O)O)c(F)c2cc1OC. The zero-order valence-corrected chi connectivity index (χ0v) is 14.0.